The molecule has 13 nitrogen and oxygen atoms in total. The highest BCUT2D eigenvalue weighted by atomic mass is 28.4. The van der Waals surface area contributed by atoms with Crippen LogP contribution in [-0.2, 0) is 51.7 Å². The fourth-order valence-electron chi connectivity index (χ4n) is 10.8. The lowest BCUT2D eigenvalue weighted by atomic mass is 9.81. The second-order valence-electron chi connectivity index (χ2n) is 25.0. The summed E-state index contributed by atoms with van der Waals surface area (Å²) in [5, 5.41) is 12.1. The van der Waals surface area contributed by atoms with E-state index in [0.717, 1.165) is 24.0 Å². The van der Waals surface area contributed by atoms with E-state index in [0.29, 0.717) is 38.5 Å². The van der Waals surface area contributed by atoms with Crippen LogP contribution < -0.4 is 0 Å². The largest absolute Gasteiger partial charge is 0.456 e. The number of allylic oxidation sites excluding steroid dienone is 4. The summed E-state index contributed by atoms with van der Waals surface area (Å²) in [6.07, 6.45) is 7.96. The number of fused-ring (bicyclic) bond motifs is 3. The second kappa shape index (κ2) is 25.0. The number of amides is 1. The van der Waals surface area contributed by atoms with Crippen molar-refractivity contribution in [1.29, 1.82) is 0 Å². The number of Topliss-reactive ketones (excluding diaryl/α,β-unsaturated/α-hetero) is 2. The first kappa shape index (κ1) is 61.2. The van der Waals surface area contributed by atoms with E-state index in [4.69, 9.17) is 32.5 Å². The van der Waals surface area contributed by atoms with Crippen LogP contribution in [0, 0.1) is 29.6 Å². The summed E-state index contributed by atoms with van der Waals surface area (Å²) in [6.45, 7) is 36.1. The van der Waals surface area contributed by atoms with Gasteiger partial charge in [0, 0.05) is 52.0 Å². The number of carbonyl (C=O) groups excluding carboxylic acids is 4. The minimum atomic E-state index is -2.56. The van der Waals surface area contributed by atoms with Crippen LogP contribution in [0.4, 0.5) is 0 Å². The Balaban J connectivity index is 1.89. The predicted molar refractivity (Wildman–Crippen MR) is 285 cm³/mol. The Morgan fingerprint density at radius 3 is 1.96 bits per heavy atom. The van der Waals surface area contributed by atoms with Gasteiger partial charge in [0.1, 0.15) is 24.0 Å². The molecule has 1 saturated carbocycles. The highest BCUT2D eigenvalue weighted by molar-refractivity contribution is 6.74. The van der Waals surface area contributed by atoms with Gasteiger partial charge in [0.15, 0.2) is 16.6 Å². The SMILES string of the molecule is C=CCC1C=C(C)CC(C)CC(OC)C2OC(O)(C(=O)C(=O)N3CCCCC3C(=O)OC(C(C)=CC3CCC(O[Si](C)(C)C(C)(C)C)C(OC)C3)C(C)C(O[Si](C)(C)C(C)(C)C)CC1=O)C(C)CC2OC. The van der Waals surface area contributed by atoms with Crippen molar-refractivity contribution in [2.45, 2.75) is 238 Å². The summed E-state index contributed by atoms with van der Waals surface area (Å²) >= 11 is 0. The smallest absolute Gasteiger partial charge is 0.329 e. The van der Waals surface area contributed by atoms with E-state index >= 15 is 4.79 Å². The molecule has 0 aromatic rings. The van der Waals surface area contributed by atoms with E-state index in [2.05, 4.69) is 93.4 Å². The van der Waals surface area contributed by atoms with Gasteiger partial charge in [0.05, 0.1) is 30.5 Å². The molecule has 15 heteroatoms. The van der Waals surface area contributed by atoms with Gasteiger partial charge in [-0.1, -0.05) is 86.1 Å². The third kappa shape index (κ3) is 15.0. The standard InChI is InChI=1S/C56H97NO12Si2/c1-20-23-41-29-35(2)28-36(3)30-47(64-14)50-48(65-15)32-38(5)56(62,67-50)51(59)52(60)57-27-22-21-24-42(57)53(61)66-49(39(6)45(34-43(41)58)69-71(18,19)55(10,11)12)37(4)31-40-25-26-44(46(33-40)63-13)68-70(16,17)54(7,8)9/h20,29,31,36,38-42,44-50,62H,1,21-28,30,32-34H2,2-19H3. The molecule has 0 aromatic heterocycles. The van der Waals surface area contributed by atoms with Crippen molar-refractivity contribution in [3.63, 3.8) is 0 Å². The fourth-order valence-corrected chi connectivity index (χ4v) is 13.6. The molecule has 3 heterocycles. The number of ether oxygens (including phenoxy) is 5. The molecule has 4 rings (SSSR count). The van der Waals surface area contributed by atoms with Crippen molar-refractivity contribution in [2.75, 3.05) is 27.9 Å². The zero-order chi connectivity index (χ0) is 53.6. The number of ketones is 2. The van der Waals surface area contributed by atoms with Crippen LogP contribution in [0.25, 0.3) is 0 Å². The number of piperidine rings is 1. The Bertz CT molecular complexity index is 1900. The van der Waals surface area contributed by atoms with Gasteiger partial charge >= 0.3 is 5.97 Å². The van der Waals surface area contributed by atoms with Crippen molar-refractivity contribution >= 4 is 40.1 Å². The molecule has 3 aliphatic heterocycles. The van der Waals surface area contributed by atoms with E-state index in [9.17, 15) is 19.5 Å². The van der Waals surface area contributed by atoms with Gasteiger partial charge in [-0.3, -0.25) is 14.4 Å². The van der Waals surface area contributed by atoms with Crippen LogP contribution in [0.5, 0.6) is 0 Å². The Morgan fingerprint density at radius 2 is 1.39 bits per heavy atom. The number of carbonyl (C=O) groups is 4. The highest BCUT2D eigenvalue weighted by Gasteiger charge is 2.57. The van der Waals surface area contributed by atoms with Crippen LogP contribution in [-0.4, -0.2) is 133 Å². The maximum absolute atomic E-state index is 15.0. The number of cyclic esters (lactones) is 1. The zero-order valence-electron chi connectivity index (χ0n) is 47.3. The topological polar surface area (TPSA) is 156 Å². The maximum atomic E-state index is 15.0. The number of esters is 1. The van der Waals surface area contributed by atoms with Gasteiger partial charge in [-0.25, -0.2) is 4.79 Å². The van der Waals surface area contributed by atoms with Crippen molar-refractivity contribution in [3.8, 4) is 0 Å². The maximum Gasteiger partial charge on any atom is 0.329 e. The monoisotopic (exact) mass is 1030 g/mol. The number of aliphatic hydroxyl groups is 1. The molecule has 1 aliphatic carbocycles. The van der Waals surface area contributed by atoms with E-state index in [-0.39, 0.29) is 65.7 Å². The van der Waals surface area contributed by atoms with E-state index in [1.807, 2.05) is 20.8 Å². The molecule has 406 valence electrons. The Morgan fingerprint density at radius 1 is 0.817 bits per heavy atom. The normalized spacial score (nSPS) is 35.5. The van der Waals surface area contributed by atoms with E-state index in [1.165, 1.54) is 4.90 Å². The van der Waals surface area contributed by atoms with Crippen LogP contribution in [0.1, 0.15) is 147 Å². The summed E-state index contributed by atoms with van der Waals surface area (Å²) < 4.78 is 45.4. The van der Waals surface area contributed by atoms with Crippen LogP contribution in [0.2, 0.25) is 36.3 Å². The third-order valence-electron chi connectivity index (χ3n) is 17.3. The van der Waals surface area contributed by atoms with Crippen molar-refractivity contribution in [1.82, 2.24) is 4.90 Å². The molecule has 0 spiro atoms. The lowest BCUT2D eigenvalue weighted by Crippen LogP contribution is -2.64. The van der Waals surface area contributed by atoms with Crippen molar-refractivity contribution < 1.29 is 56.8 Å². The molecular formula is C56H97NO12Si2. The van der Waals surface area contributed by atoms with Gasteiger partial charge in [-0.2, -0.15) is 0 Å². The molecule has 71 heavy (non-hydrogen) atoms. The van der Waals surface area contributed by atoms with E-state index < -0.39 is 94.4 Å². The molecule has 1 N–H and O–H groups in total. The third-order valence-corrected chi connectivity index (χ3v) is 26.3. The quantitative estimate of drug-likeness (QED) is 0.0906. The summed E-state index contributed by atoms with van der Waals surface area (Å²) in [6, 6.07) is -1.11. The lowest BCUT2D eigenvalue weighted by Gasteiger charge is -2.47. The molecule has 14 unspecified atom stereocenters. The first-order valence-electron chi connectivity index (χ1n) is 26.7. The fraction of sp³-hybridized carbons (Fsp3) is 0.821. The minimum absolute atomic E-state index is 0.0114. The molecule has 0 radical (unpaired) electrons. The zero-order valence-corrected chi connectivity index (χ0v) is 49.3. The van der Waals surface area contributed by atoms with Crippen LogP contribution in [0.15, 0.2) is 36.0 Å². The van der Waals surface area contributed by atoms with Gasteiger partial charge in [-0.05, 0) is 132 Å². The van der Waals surface area contributed by atoms with Crippen molar-refractivity contribution in [2.24, 2.45) is 29.6 Å². The molecule has 2 saturated heterocycles. The number of hydrogen-bond acceptors (Lipinski definition) is 12. The second-order valence-corrected chi connectivity index (χ2v) is 34.5. The number of nitrogens with zero attached hydrogens (tertiary/aromatic N) is 1. The number of rotatable bonds is 11. The molecule has 0 aromatic carbocycles. The van der Waals surface area contributed by atoms with E-state index in [1.54, 1.807) is 34.3 Å². The Labute approximate surface area is 431 Å². The molecule has 2 bridgehead atoms. The Hall–Kier alpha value is -2.35. The first-order valence-corrected chi connectivity index (χ1v) is 32.6. The molecule has 14 atom stereocenters. The molecule has 4 aliphatic rings. The number of hydrogen-bond donors (Lipinski definition) is 1. The average molecular weight is 1030 g/mol. The molecule has 1 amide bonds. The first-order chi connectivity index (χ1) is 32.9. The average Bonchev–Trinajstić information content (AvgIpc) is 3.28. The number of methoxy groups -OCH3 is 3. The van der Waals surface area contributed by atoms with Gasteiger partial charge in [-0.15, -0.1) is 6.58 Å². The van der Waals surface area contributed by atoms with Crippen molar-refractivity contribution in [3.05, 3.63) is 36.0 Å². The minimum Gasteiger partial charge on any atom is -0.456 e. The van der Waals surface area contributed by atoms with Gasteiger partial charge < -0.3 is 42.5 Å². The molecular weight excluding hydrogens is 935 g/mol. The van der Waals surface area contributed by atoms with Crippen LogP contribution in [0.3, 0.4) is 0 Å². The lowest BCUT2D eigenvalue weighted by molar-refractivity contribution is -0.302. The highest BCUT2D eigenvalue weighted by Crippen LogP contribution is 2.44. The predicted octanol–water partition coefficient (Wildman–Crippen LogP) is 10.7. The Kier molecular flexibility index (Phi) is 21.5. The summed E-state index contributed by atoms with van der Waals surface area (Å²) in [4.78, 5) is 60.4. The summed E-state index contributed by atoms with van der Waals surface area (Å²) in [5.74, 6) is -6.99. The summed E-state index contributed by atoms with van der Waals surface area (Å²) in [7, 11) is 0.207. The van der Waals surface area contributed by atoms with Gasteiger partial charge in [0.2, 0.25) is 5.79 Å². The summed E-state index contributed by atoms with van der Waals surface area (Å²) in [5.41, 5.74) is 1.83. The molecule has 3 fully saturated rings. The van der Waals surface area contributed by atoms with Gasteiger partial charge in [0.25, 0.3) is 11.7 Å². The van der Waals surface area contributed by atoms with Crippen LogP contribution >= 0.6 is 0 Å².